The third-order valence-corrected chi connectivity index (χ3v) is 3.25. The molecule has 1 aromatic carbocycles. The Morgan fingerprint density at radius 1 is 1.22 bits per heavy atom. The van der Waals surface area contributed by atoms with Crippen LogP contribution in [0.3, 0.4) is 0 Å². The number of rotatable bonds is 5. The van der Waals surface area contributed by atoms with E-state index in [1.165, 1.54) is 18.4 Å². The third-order valence-electron chi connectivity index (χ3n) is 3.25. The zero-order chi connectivity index (χ0) is 12.8. The number of unbranched alkanes of at least 4 members (excludes halogenated alkanes) is 1. The molecule has 0 radical (unpaired) electrons. The Labute approximate surface area is 109 Å². The lowest BCUT2D eigenvalue weighted by molar-refractivity contribution is 0.297. The Hall–Kier alpha value is -1.22. The molecule has 100 valence electrons. The SMILES string of the molecule is CCCCNC(C)c1ccc2c(c1)OCCCO2. The summed E-state index contributed by atoms with van der Waals surface area (Å²) in [7, 11) is 0. The summed E-state index contributed by atoms with van der Waals surface area (Å²) in [6, 6.07) is 6.60. The zero-order valence-electron chi connectivity index (χ0n) is 11.4. The predicted octanol–water partition coefficient (Wildman–Crippen LogP) is 3.30. The van der Waals surface area contributed by atoms with Crippen LogP contribution in [-0.2, 0) is 0 Å². The van der Waals surface area contributed by atoms with Crippen molar-refractivity contribution in [2.75, 3.05) is 19.8 Å². The van der Waals surface area contributed by atoms with Gasteiger partial charge in [0.25, 0.3) is 0 Å². The van der Waals surface area contributed by atoms with Crippen molar-refractivity contribution in [3.05, 3.63) is 23.8 Å². The molecule has 0 bridgehead atoms. The van der Waals surface area contributed by atoms with Gasteiger partial charge in [-0.25, -0.2) is 0 Å². The standard InChI is InChI=1S/C15H23NO2/c1-3-4-8-16-12(2)13-6-7-14-15(11-13)18-10-5-9-17-14/h6-7,11-12,16H,3-5,8-10H2,1-2H3. The van der Waals surface area contributed by atoms with Gasteiger partial charge in [-0.05, 0) is 37.6 Å². The molecule has 0 spiro atoms. The number of ether oxygens (including phenoxy) is 2. The second-order valence-electron chi connectivity index (χ2n) is 4.79. The van der Waals surface area contributed by atoms with Crippen LogP contribution in [0.1, 0.15) is 44.7 Å². The zero-order valence-corrected chi connectivity index (χ0v) is 11.4. The van der Waals surface area contributed by atoms with Gasteiger partial charge in [0.2, 0.25) is 0 Å². The van der Waals surface area contributed by atoms with Crippen LogP contribution in [0.15, 0.2) is 18.2 Å². The third kappa shape index (κ3) is 3.39. The van der Waals surface area contributed by atoms with Crippen LogP contribution >= 0.6 is 0 Å². The largest absolute Gasteiger partial charge is 0.490 e. The molecule has 1 atom stereocenters. The average Bonchev–Trinajstić information content (AvgIpc) is 2.63. The quantitative estimate of drug-likeness (QED) is 0.812. The van der Waals surface area contributed by atoms with Gasteiger partial charge in [0.15, 0.2) is 11.5 Å². The average molecular weight is 249 g/mol. The van der Waals surface area contributed by atoms with Crippen molar-refractivity contribution in [1.29, 1.82) is 0 Å². The summed E-state index contributed by atoms with van der Waals surface area (Å²) in [6.07, 6.45) is 3.39. The topological polar surface area (TPSA) is 30.5 Å². The number of fused-ring (bicyclic) bond motifs is 1. The van der Waals surface area contributed by atoms with Crippen LogP contribution in [0.4, 0.5) is 0 Å². The van der Waals surface area contributed by atoms with Gasteiger partial charge in [-0.15, -0.1) is 0 Å². The summed E-state index contributed by atoms with van der Waals surface area (Å²) in [5, 5.41) is 3.53. The van der Waals surface area contributed by atoms with Crippen molar-refractivity contribution in [2.45, 2.75) is 39.2 Å². The van der Waals surface area contributed by atoms with E-state index in [4.69, 9.17) is 9.47 Å². The second kappa shape index (κ2) is 6.64. The fourth-order valence-electron chi connectivity index (χ4n) is 2.06. The summed E-state index contributed by atoms with van der Waals surface area (Å²) >= 11 is 0. The Bertz CT molecular complexity index is 379. The van der Waals surface area contributed by atoms with Gasteiger partial charge < -0.3 is 14.8 Å². The van der Waals surface area contributed by atoms with E-state index in [1.54, 1.807) is 0 Å². The maximum Gasteiger partial charge on any atom is 0.161 e. The van der Waals surface area contributed by atoms with Gasteiger partial charge in [0, 0.05) is 12.5 Å². The van der Waals surface area contributed by atoms with Crippen LogP contribution < -0.4 is 14.8 Å². The van der Waals surface area contributed by atoms with Gasteiger partial charge in [-0.2, -0.15) is 0 Å². The smallest absolute Gasteiger partial charge is 0.161 e. The van der Waals surface area contributed by atoms with Crippen molar-refractivity contribution >= 4 is 0 Å². The molecule has 1 heterocycles. The van der Waals surface area contributed by atoms with Gasteiger partial charge >= 0.3 is 0 Å². The minimum atomic E-state index is 0.355. The maximum absolute atomic E-state index is 5.71. The molecule has 1 aliphatic heterocycles. The normalized spacial score (nSPS) is 16.1. The lowest BCUT2D eigenvalue weighted by Crippen LogP contribution is -2.19. The molecule has 18 heavy (non-hydrogen) atoms. The van der Waals surface area contributed by atoms with Crippen LogP contribution in [0.2, 0.25) is 0 Å². The van der Waals surface area contributed by atoms with E-state index in [2.05, 4.69) is 31.3 Å². The van der Waals surface area contributed by atoms with Crippen molar-refractivity contribution in [2.24, 2.45) is 0 Å². The van der Waals surface area contributed by atoms with Crippen molar-refractivity contribution in [1.82, 2.24) is 5.32 Å². The molecular formula is C15H23NO2. The summed E-state index contributed by atoms with van der Waals surface area (Å²) in [5.41, 5.74) is 1.26. The fourth-order valence-corrected chi connectivity index (χ4v) is 2.06. The monoisotopic (exact) mass is 249 g/mol. The molecule has 0 aliphatic carbocycles. The molecule has 0 saturated carbocycles. The molecule has 2 rings (SSSR count). The number of nitrogens with one attached hydrogen (secondary N) is 1. The summed E-state index contributed by atoms with van der Waals surface area (Å²) < 4.78 is 11.3. The van der Waals surface area contributed by atoms with Crippen molar-refractivity contribution in [3.63, 3.8) is 0 Å². The highest BCUT2D eigenvalue weighted by Gasteiger charge is 2.13. The predicted molar refractivity (Wildman–Crippen MR) is 73.4 cm³/mol. The second-order valence-corrected chi connectivity index (χ2v) is 4.79. The maximum atomic E-state index is 5.71. The van der Waals surface area contributed by atoms with Crippen LogP contribution in [0, 0.1) is 0 Å². The fraction of sp³-hybridized carbons (Fsp3) is 0.600. The van der Waals surface area contributed by atoms with Crippen LogP contribution in [-0.4, -0.2) is 19.8 Å². The summed E-state index contributed by atoms with van der Waals surface area (Å²) in [5.74, 6) is 1.76. The molecule has 0 aromatic heterocycles. The highest BCUT2D eigenvalue weighted by Crippen LogP contribution is 2.32. The van der Waals surface area contributed by atoms with E-state index >= 15 is 0 Å². The lowest BCUT2D eigenvalue weighted by Gasteiger charge is -2.16. The lowest BCUT2D eigenvalue weighted by atomic mass is 10.1. The number of benzene rings is 1. The molecule has 0 fully saturated rings. The Balaban J connectivity index is 2.02. The first-order valence-electron chi connectivity index (χ1n) is 6.94. The van der Waals surface area contributed by atoms with Crippen LogP contribution in [0.25, 0.3) is 0 Å². The Morgan fingerprint density at radius 2 is 2.00 bits per heavy atom. The molecule has 0 amide bonds. The summed E-state index contributed by atoms with van der Waals surface area (Å²) in [4.78, 5) is 0. The van der Waals surface area contributed by atoms with Gasteiger partial charge in [0.1, 0.15) is 0 Å². The van der Waals surface area contributed by atoms with Gasteiger partial charge in [-0.1, -0.05) is 19.4 Å². The van der Waals surface area contributed by atoms with Crippen molar-refractivity contribution < 1.29 is 9.47 Å². The van der Waals surface area contributed by atoms with E-state index in [0.717, 1.165) is 37.7 Å². The first-order valence-corrected chi connectivity index (χ1v) is 6.94. The van der Waals surface area contributed by atoms with E-state index in [9.17, 15) is 0 Å². The molecule has 1 aromatic rings. The highest BCUT2D eigenvalue weighted by atomic mass is 16.5. The van der Waals surface area contributed by atoms with E-state index in [1.807, 2.05) is 6.07 Å². The van der Waals surface area contributed by atoms with Crippen molar-refractivity contribution in [3.8, 4) is 11.5 Å². The first-order chi connectivity index (χ1) is 8.81. The van der Waals surface area contributed by atoms with E-state index < -0.39 is 0 Å². The van der Waals surface area contributed by atoms with E-state index in [0.29, 0.717) is 6.04 Å². The molecule has 3 heteroatoms. The van der Waals surface area contributed by atoms with Gasteiger partial charge in [0.05, 0.1) is 13.2 Å². The minimum absolute atomic E-state index is 0.355. The van der Waals surface area contributed by atoms with E-state index in [-0.39, 0.29) is 0 Å². The van der Waals surface area contributed by atoms with Gasteiger partial charge in [-0.3, -0.25) is 0 Å². The summed E-state index contributed by atoms with van der Waals surface area (Å²) in [6.45, 7) is 6.95. The molecule has 1 aliphatic rings. The Kier molecular flexibility index (Phi) is 4.88. The number of hydrogen-bond donors (Lipinski definition) is 1. The molecular weight excluding hydrogens is 226 g/mol. The number of hydrogen-bond acceptors (Lipinski definition) is 3. The first kappa shape index (κ1) is 13.2. The minimum Gasteiger partial charge on any atom is -0.490 e. The molecule has 1 unspecified atom stereocenters. The molecule has 1 N–H and O–H groups in total. The van der Waals surface area contributed by atoms with Crippen LogP contribution in [0.5, 0.6) is 11.5 Å². The Morgan fingerprint density at radius 3 is 2.78 bits per heavy atom. The highest BCUT2D eigenvalue weighted by molar-refractivity contribution is 5.44. The molecule has 0 saturated heterocycles. The molecule has 3 nitrogen and oxygen atoms in total.